The maximum absolute atomic E-state index is 14.6. The van der Waals surface area contributed by atoms with Gasteiger partial charge in [-0.15, -0.1) is 0 Å². The number of nitriles is 2. The third-order valence-corrected chi connectivity index (χ3v) is 26.0. The van der Waals surface area contributed by atoms with Gasteiger partial charge in [-0.25, -0.2) is 0 Å². The van der Waals surface area contributed by atoms with E-state index < -0.39 is 23.5 Å². The van der Waals surface area contributed by atoms with Gasteiger partial charge in [0.1, 0.15) is 0 Å². The Morgan fingerprint density at radius 1 is 0.219 bits per heavy atom. The summed E-state index contributed by atoms with van der Waals surface area (Å²) in [7, 11) is 0. The summed E-state index contributed by atoms with van der Waals surface area (Å²) >= 11 is 0. The Morgan fingerprint density at radius 2 is 0.539 bits per heavy atom. The summed E-state index contributed by atoms with van der Waals surface area (Å²) in [5.41, 5.74) is 29.0. The molecule has 18 aromatic carbocycles. The van der Waals surface area contributed by atoms with Crippen molar-refractivity contribution in [1.82, 2.24) is 9.13 Å². The van der Waals surface area contributed by atoms with E-state index in [1.54, 1.807) is 30.3 Å². The van der Waals surface area contributed by atoms with Crippen molar-refractivity contribution in [3.05, 3.63) is 423 Å². The molecule has 8 nitrogen and oxygen atoms in total. The van der Waals surface area contributed by atoms with Gasteiger partial charge in [0.05, 0.1) is 67.8 Å². The molecule has 24 rings (SSSR count). The number of fused-ring (bicyclic) bond motifs is 14. The second kappa shape index (κ2) is 29.0. The lowest BCUT2D eigenvalue weighted by Crippen LogP contribution is -2.61. The van der Waals surface area contributed by atoms with Gasteiger partial charge in [0.2, 0.25) is 0 Å². The van der Waals surface area contributed by atoms with E-state index in [-0.39, 0.29) is 30.6 Å². The first-order valence-corrected chi connectivity index (χ1v) is 42.4. The second-order valence-electron chi connectivity index (χ2n) is 33.1. The summed E-state index contributed by atoms with van der Waals surface area (Å²) in [4.78, 5) is 9.61. The molecule has 2 aromatic heterocycles. The first-order valence-electron chi connectivity index (χ1n) is 42.4. The molecule has 0 saturated carbocycles. The lowest BCUT2D eigenvalue weighted by atomic mass is 9.33. The first kappa shape index (κ1) is 75.2. The van der Waals surface area contributed by atoms with Crippen LogP contribution in [0.25, 0.3) is 111 Å². The number of anilines is 12. The molecule has 0 unspecified atom stereocenters. The van der Waals surface area contributed by atoms with Crippen molar-refractivity contribution in [3.8, 4) is 79.1 Å². The van der Waals surface area contributed by atoms with Gasteiger partial charge >= 0.3 is 12.4 Å². The zero-order valence-electron chi connectivity index (χ0n) is 68.1. The zero-order chi connectivity index (χ0) is 86.0. The summed E-state index contributed by atoms with van der Waals surface area (Å²) < 4.78 is 91.9. The van der Waals surface area contributed by atoms with Crippen LogP contribution in [0.15, 0.2) is 400 Å². The number of alkyl halides is 6. The largest absolute Gasteiger partial charge is 0.416 e. The van der Waals surface area contributed by atoms with E-state index in [0.717, 1.165) is 174 Å². The molecule has 0 N–H and O–H groups in total. The molecular formula is C112H66B2F6N8. The number of rotatable bonds is 11. The van der Waals surface area contributed by atoms with Crippen LogP contribution < -0.4 is 52.4 Å². The van der Waals surface area contributed by atoms with Gasteiger partial charge < -0.3 is 28.7 Å². The first-order chi connectivity index (χ1) is 62.7. The molecule has 0 fully saturated rings. The van der Waals surface area contributed by atoms with Crippen molar-refractivity contribution in [2.75, 3.05) is 19.6 Å². The molecule has 4 aliphatic heterocycles. The Balaban J connectivity index is 0.687. The molecule has 0 bridgehead atoms. The van der Waals surface area contributed by atoms with Gasteiger partial charge in [-0.3, -0.25) is 0 Å². The third-order valence-electron chi connectivity index (χ3n) is 26.0. The fourth-order valence-electron chi connectivity index (χ4n) is 20.7. The van der Waals surface area contributed by atoms with E-state index >= 15 is 0 Å². The average Bonchev–Trinajstić information content (AvgIpc) is 0.830. The Kier molecular flexibility index (Phi) is 17.1. The highest BCUT2D eigenvalue weighted by Gasteiger charge is 2.47. The second-order valence-corrected chi connectivity index (χ2v) is 33.1. The fraction of sp³-hybridized carbons (Fsp3) is 0.0179. The number of hydrogen-bond donors (Lipinski definition) is 0. The number of halogens is 6. The molecule has 0 aliphatic carbocycles. The van der Waals surface area contributed by atoms with Crippen LogP contribution in [0.2, 0.25) is 0 Å². The van der Waals surface area contributed by atoms with Gasteiger partial charge in [-0.05, 0) is 259 Å². The predicted molar refractivity (Wildman–Crippen MR) is 510 cm³/mol. The van der Waals surface area contributed by atoms with E-state index in [0.29, 0.717) is 33.4 Å². The Hall–Kier alpha value is -16.6. The zero-order valence-corrected chi connectivity index (χ0v) is 68.1. The van der Waals surface area contributed by atoms with E-state index in [1.165, 1.54) is 16.4 Å². The molecule has 20 aromatic rings. The molecular weight excluding hydrogens is 1590 g/mol. The lowest BCUT2D eigenvalue weighted by molar-refractivity contribution is -0.143. The number of hydrogen-bond acceptors (Lipinski definition) is 6. The minimum atomic E-state index is -5.05. The molecule has 128 heavy (non-hydrogen) atoms. The molecule has 4 aliphatic rings. The third kappa shape index (κ3) is 11.9. The van der Waals surface area contributed by atoms with E-state index in [9.17, 15) is 36.9 Å². The van der Waals surface area contributed by atoms with Gasteiger partial charge in [0.25, 0.3) is 13.4 Å². The average molecular weight is 1660 g/mol. The minimum absolute atomic E-state index is 0.0592. The van der Waals surface area contributed by atoms with Crippen LogP contribution in [-0.2, 0) is 12.4 Å². The van der Waals surface area contributed by atoms with E-state index in [2.05, 4.69) is 334 Å². The summed E-state index contributed by atoms with van der Waals surface area (Å²) in [5.74, 6) is 0. The van der Waals surface area contributed by atoms with Gasteiger partial charge in [0.15, 0.2) is 0 Å². The minimum Gasteiger partial charge on any atom is -0.311 e. The SMILES string of the molecule is N#Cc1cc(C#N)cc(-c2ccc(-c3ccc4c(c3)B3c5ccccc5N(c5ccccc5)c5cc(-c6ccc7c(c6)c6ccccc6n7-c6ccccc6-c6cc(C(F)(F)F)cc(C(F)(F)F)c6)cc(c53)N4c3ccccc3)cc2-n2c3ccccc3c3cc(-c4cc5c6c(c4)N(c4ccccc4)c4ccccc4B6c4ccccc4N5c4ccccc4)ccc32)c1. The molecule has 0 atom stereocenters. The van der Waals surface area contributed by atoms with Crippen molar-refractivity contribution in [1.29, 1.82) is 10.5 Å². The van der Waals surface area contributed by atoms with Gasteiger partial charge in [-0.1, -0.05) is 218 Å². The maximum Gasteiger partial charge on any atom is 0.416 e. The van der Waals surface area contributed by atoms with Crippen molar-refractivity contribution in [2.24, 2.45) is 0 Å². The van der Waals surface area contributed by atoms with Crippen LogP contribution in [0.4, 0.5) is 94.6 Å². The van der Waals surface area contributed by atoms with E-state index in [4.69, 9.17) is 0 Å². The standard InChI is InChI=1S/C112H66B2F6N8/c115-111(116,117)79-56-78(57-80(66-79)112(118,119)120)85-33-13-19-39-95(85)127-96-40-20-14-34-87(96)89-58-71(46-50-98(89)127)76-64-107-110-108(65-76)126(84-31-11-4-12-32-84)103-52-48-73(60-94(103)114(110)93-38-18-24-44-102(93)125(107)83-29-9-3-10-30-83)74-45-49-86(77-54-69(67-121)53-70(55-77)68-122)104(61-74)128-97-41-21-15-35-88(97)90-59-72(47-51-99(90)128)75-62-105-109-106(63-75)124(82-27-7-2-8-28-82)101-43-23-17-37-92(101)113(109)91-36-16-22-42-100(91)123(105)81-25-5-1-6-26-81/h1-66H. The van der Waals surface area contributed by atoms with Crippen molar-refractivity contribution < 1.29 is 26.3 Å². The molecule has 0 amide bonds. The van der Waals surface area contributed by atoms with Gasteiger partial charge in [-0.2, -0.15) is 36.9 Å². The number of aromatic nitrogens is 2. The summed E-state index contributed by atoms with van der Waals surface area (Å²) in [5, 5.41) is 25.1. The molecule has 6 heterocycles. The van der Waals surface area contributed by atoms with Crippen LogP contribution in [0.5, 0.6) is 0 Å². The van der Waals surface area contributed by atoms with Crippen molar-refractivity contribution in [3.63, 3.8) is 0 Å². The summed E-state index contributed by atoms with van der Waals surface area (Å²) in [6, 6.07) is 139. The van der Waals surface area contributed by atoms with Crippen LogP contribution >= 0.6 is 0 Å². The lowest BCUT2D eigenvalue weighted by Gasteiger charge is -2.44. The Labute approximate surface area is 733 Å². The van der Waals surface area contributed by atoms with Crippen molar-refractivity contribution >= 4 is 158 Å². The van der Waals surface area contributed by atoms with Gasteiger partial charge in [0, 0.05) is 101 Å². The highest BCUT2D eigenvalue weighted by molar-refractivity contribution is 7.01. The van der Waals surface area contributed by atoms with Crippen molar-refractivity contribution in [2.45, 2.75) is 12.4 Å². The maximum atomic E-state index is 14.6. The van der Waals surface area contributed by atoms with Crippen LogP contribution in [0.3, 0.4) is 0 Å². The fourth-order valence-corrected chi connectivity index (χ4v) is 20.7. The smallest absolute Gasteiger partial charge is 0.311 e. The quantitative estimate of drug-likeness (QED) is 0.0949. The van der Waals surface area contributed by atoms with E-state index in [1.807, 2.05) is 59.2 Å². The van der Waals surface area contributed by atoms with Crippen LogP contribution in [-0.4, -0.2) is 22.6 Å². The molecule has 0 radical (unpaired) electrons. The summed E-state index contributed by atoms with van der Waals surface area (Å²) in [6.07, 6.45) is -10.1. The Morgan fingerprint density at radius 3 is 0.977 bits per heavy atom. The monoisotopic (exact) mass is 1660 g/mol. The summed E-state index contributed by atoms with van der Waals surface area (Å²) in [6.45, 7) is -0.394. The number of para-hydroxylation sites is 10. The predicted octanol–water partition coefficient (Wildman–Crippen LogP) is 26.2. The molecule has 602 valence electrons. The normalized spacial score (nSPS) is 13.0. The van der Waals surface area contributed by atoms with Crippen LogP contribution in [0.1, 0.15) is 22.3 Å². The Bertz CT molecular complexity index is 7940. The van der Waals surface area contributed by atoms with Crippen LogP contribution in [0, 0.1) is 22.7 Å². The number of nitrogens with zero attached hydrogens (tertiary/aromatic N) is 8. The topological polar surface area (TPSA) is 70.4 Å². The molecule has 0 spiro atoms. The molecule has 0 saturated heterocycles. The molecule has 16 heteroatoms. The number of benzene rings is 18. The highest BCUT2D eigenvalue weighted by Crippen LogP contribution is 2.52. The highest BCUT2D eigenvalue weighted by atomic mass is 19.4.